The van der Waals surface area contributed by atoms with Crippen LogP contribution in [0.15, 0.2) is 30.4 Å². The number of carbonyl (C=O) groups is 2. The molecule has 1 amide bonds. The average molecular weight is 261 g/mol. The molecule has 4 heteroatoms. The summed E-state index contributed by atoms with van der Waals surface area (Å²) < 4.78 is 0. The summed E-state index contributed by atoms with van der Waals surface area (Å²) in [7, 11) is 0. The lowest BCUT2D eigenvalue weighted by Crippen LogP contribution is -2.40. The molecule has 1 aromatic rings. The summed E-state index contributed by atoms with van der Waals surface area (Å²) in [5, 5.41) is 11.6. The maximum atomic E-state index is 12.1. The van der Waals surface area contributed by atoms with Gasteiger partial charge in [0.25, 0.3) is 5.91 Å². The fourth-order valence-corrected chi connectivity index (χ4v) is 1.71. The Labute approximate surface area is 113 Å². The zero-order chi connectivity index (χ0) is 14.4. The van der Waals surface area contributed by atoms with Crippen LogP contribution < -0.4 is 5.32 Å². The molecule has 0 spiro atoms. The van der Waals surface area contributed by atoms with Crippen molar-refractivity contribution < 1.29 is 14.7 Å². The molecule has 4 nitrogen and oxygen atoms in total. The largest absolute Gasteiger partial charge is 0.480 e. The smallest absolute Gasteiger partial charge is 0.326 e. The Morgan fingerprint density at radius 1 is 1.37 bits per heavy atom. The second-order valence-corrected chi connectivity index (χ2v) is 4.49. The van der Waals surface area contributed by atoms with Gasteiger partial charge in [0.2, 0.25) is 0 Å². The molecule has 2 N–H and O–H groups in total. The Bertz CT molecular complexity index is 506. The zero-order valence-corrected chi connectivity index (χ0v) is 11.4. The van der Waals surface area contributed by atoms with Crippen LogP contribution in [0.25, 0.3) is 0 Å². The first-order valence-electron chi connectivity index (χ1n) is 6.17. The third kappa shape index (κ3) is 4.25. The molecule has 0 heterocycles. The minimum absolute atomic E-state index is 0.280. The number of carboxylic acids is 1. The number of allylic oxidation sites excluding steroid dienone is 1. The van der Waals surface area contributed by atoms with Gasteiger partial charge in [0.05, 0.1) is 0 Å². The normalized spacial score (nSPS) is 12.4. The molecule has 0 saturated heterocycles. The molecule has 0 aliphatic carbocycles. The van der Waals surface area contributed by atoms with Crippen LogP contribution in [0, 0.1) is 13.8 Å². The Hall–Kier alpha value is -2.10. The van der Waals surface area contributed by atoms with Crippen LogP contribution in [-0.4, -0.2) is 23.0 Å². The van der Waals surface area contributed by atoms with Gasteiger partial charge in [-0.1, -0.05) is 29.8 Å². The molecule has 19 heavy (non-hydrogen) atoms. The highest BCUT2D eigenvalue weighted by atomic mass is 16.4. The van der Waals surface area contributed by atoms with Gasteiger partial charge >= 0.3 is 5.97 Å². The van der Waals surface area contributed by atoms with Gasteiger partial charge in [-0.05, 0) is 38.8 Å². The van der Waals surface area contributed by atoms with Gasteiger partial charge < -0.3 is 10.4 Å². The molecule has 0 radical (unpaired) electrons. The lowest BCUT2D eigenvalue weighted by molar-refractivity contribution is -0.139. The first-order chi connectivity index (χ1) is 8.95. The highest BCUT2D eigenvalue weighted by Gasteiger charge is 2.20. The summed E-state index contributed by atoms with van der Waals surface area (Å²) in [4.78, 5) is 23.2. The molecule has 0 bridgehead atoms. The van der Waals surface area contributed by atoms with Crippen LogP contribution in [0.2, 0.25) is 0 Å². The standard InChI is InChI=1S/C15H19NO3/c1-4-5-6-13(15(18)19)16-14(17)12-9-10(2)7-8-11(12)3/h4-5,7-9,13H,6H2,1-3H3,(H,16,17)(H,18,19)/b5-4+. The third-order valence-electron chi connectivity index (χ3n) is 2.85. The SMILES string of the molecule is C/C=C/CC(NC(=O)c1cc(C)ccc1C)C(=O)O. The molecule has 102 valence electrons. The second kappa shape index (κ2) is 6.73. The number of aliphatic carboxylic acids is 1. The van der Waals surface area contributed by atoms with Gasteiger partial charge in [0.1, 0.15) is 6.04 Å². The molecule has 1 aromatic carbocycles. The van der Waals surface area contributed by atoms with Crippen LogP contribution in [0.1, 0.15) is 34.8 Å². The van der Waals surface area contributed by atoms with Crippen LogP contribution in [0.3, 0.4) is 0 Å². The van der Waals surface area contributed by atoms with E-state index in [2.05, 4.69) is 5.32 Å². The molecule has 1 unspecified atom stereocenters. The zero-order valence-electron chi connectivity index (χ0n) is 11.4. The van der Waals surface area contributed by atoms with Crippen molar-refractivity contribution in [3.63, 3.8) is 0 Å². The number of nitrogens with one attached hydrogen (secondary N) is 1. The Kier molecular flexibility index (Phi) is 5.30. The molecule has 1 atom stereocenters. The fraction of sp³-hybridized carbons (Fsp3) is 0.333. The van der Waals surface area contributed by atoms with E-state index in [1.807, 2.05) is 32.9 Å². The lowest BCUT2D eigenvalue weighted by atomic mass is 10.0. The number of aryl methyl sites for hydroxylation is 2. The number of rotatable bonds is 5. The van der Waals surface area contributed by atoms with Crippen molar-refractivity contribution in [3.05, 3.63) is 47.0 Å². The van der Waals surface area contributed by atoms with E-state index in [4.69, 9.17) is 5.11 Å². The molecule has 0 aliphatic heterocycles. The highest BCUT2D eigenvalue weighted by Crippen LogP contribution is 2.11. The Balaban J connectivity index is 2.87. The van der Waals surface area contributed by atoms with Crippen molar-refractivity contribution in [2.45, 2.75) is 33.2 Å². The third-order valence-corrected chi connectivity index (χ3v) is 2.85. The van der Waals surface area contributed by atoms with Crippen molar-refractivity contribution in [3.8, 4) is 0 Å². The number of carbonyl (C=O) groups excluding carboxylic acids is 1. The Morgan fingerprint density at radius 2 is 2.05 bits per heavy atom. The first kappa shape index (κ1) is 15.0. The number of benzene rings is 1. The maximum Gasteiger partial charge on any atom is 0.326 e. The van der Waals surface area contributed by atoms with Gasteiger partial charge in [-0.3, -0.25) is 4.79 Å². The summed E-state index contributed by atoms with van der Waals surface area (Å²) in [6.45, 7) is 5.53. The van der Waals surface area contributed by atoms with Crippen molar-refractivity contribution in [1.82, 2.24) is 5.32 Å². The van der Waals surface area contributed by atoms with Crippen LogP contribution in [0.5, 0.6) is 0 Å². The molecule has 0 fully saturated rings. The first-order valence-corrected chi connectivity index (χ1v) is 6.17. The van der Waals surface area contributed by atoms with Crippen molar-refractivity contribution in [1.29, 1.82) is 0 Å². The molecule has 0 aliphatic rings. The van der Waals surface area contributed by atoms with Crippen LogP contribution in [-0.2, 0) is 4.79 Å². The quantitative estimate of drug-likeness (QED) is 0.800. The molecular formula is C15H19NO3. The van der Waals surface area contributed by atoms with Gasteiger partial charge in [-0.2, -0.15) is 0 Å². The van der Waals surface area contributed by atoms with E-state index < -0.39 is 12.0 Å². The number of hydrogen-bond acceptors (Lipinski definition) is 2. The average Bonchev–Trinajstić information content (AvgIpc) is 2.36. The van der Waals surface area contributed by atoms with E-state index in [-0.39, 0.29) is 12.3 Å². The van der Waals surface area contributed by atoms with E-state index in [1.165, 1.54) is 0 Å². The minimum Gasteiger partial charge on any atom is -0.480 e. The van der Waals surface area contributed by atoms with Gasteiger partial charge in [0.15, 0.2) is 0 Å². The highest BCUT2D eigenvalue weighted by molar-refractivity contribution is 5.98. The lowest BCUT2D eigenvalue weighted by Gasteiger charge is -2.14. The van der Waals surface area contributed by atoms with Gasteiger partial charge in [-0.15, -0.1) is 0 Å². The van der Waals surface area contributed by atoms with E-state index >= 15 is 0 Å². The summed E-state index contributed by atoms with van der Waals surface area (Å²) >= 11 is 0. The van der Waals surface area contributed by atoms with E-state index in [1.54, 1.807) is 18.2 Å². The fourth-order valence-electron chi connectivity index (χ4n) is 1.71. The maximum absolute atomic E-state index is 12.1. The predicted octanol–water partition coefficient (Wildman–Crippen LogP) is 2.45. The molecular weight excluding hydrogens is 242 g/mol. The van der Waals surface area contributed by atoms with Crippen LogP contribution in [0.4, 0.5) is 0 Å². The van der Waals surface area contributed by atoms with E-state index in [9.17, 15) is 9.59 Å². The summed E-state index contributed by atoms with van der Waals surface area (Å²) in [5.74, 6) is -1.38. The van der Waals surface area contributed by atoms with Gasteiger partial charge in [0, 0.05) is 5.56 Å². The molecule has 0 aromatic heterocycles. The summed E-state index contributed by atoms with van der Waals surface area (Å²) in [6.07, 6.45) is 3.77. The minimum atomic E-state index is -1.03. The van der Waals surface area contributed by atoms with Crippen molar-refractivity contribution in [2.75, 3.05) is 0 Å². The molecule has 0 saturated carbocycles. The van der Waals surface area contributed by atoms with Gasteiger partial charge in [-0.25, -0.2) is 4.79 Å². The topological polar surface area (TPSA) is 66.4 Å². The van der Waals surface area contributed by atoms with Crippen molar-refractivity contribution >= 4 is 11.9 Å². The number of hydrogen-bond donors (Lipinski definition) is 2. The van der Waals surface area contributed by atoms with Crippen molar-refractivity contribution in [2.24, 2.45) is 0 Å². The van der Waals surface area contributed by atoms with E-state index in [0.717, 1.165) is 11.1 Å². The Morgan fingerprint density at radius 3 is 2.63 bits per heavy atom. The van der Waals surface area contributed by atoms with Crippen LogP contribution >= 0.6 is 0 Å². The molecule has 1 rings (SSSR count). The number of carboxylic acid groups (broad SMARTS) is 1. The monoisotopic (exact) mass is 261 g/mol. The summed E-state index contributed by atoms with van der Waals surface area (Å²) in [5.41, 5.74) is 2.32. The predicted molar refractivity (Wildman–Crippen MR) is 74.2 cm³/mol. The number of amides is 1. The summed E-state index contributed by atoms with van der Waals surface area (Å²) in [6, 6.07) is 4.63. The second-order valence-electron chi connectivity index (χ2n) is 4.49. The van der Waals surface area contributed by atoms with E-state index in [0.29, 0.717) is 5.56 Å².